The Kier molecular flexibility index (Phi) is 6.20. The molecule has 0 bridgehead atoms. The number of carbonyl (C=O) groups excluding carboxylic acids is 1. The van der Waals surface area contributed by atoms with Crippen LogP contribution < -0.4 is 10.1 Å². The van der Waals surface area contributed by atoms with Crippen molar-refractivity contribution in [2.24, 2.45) is 5.92 Å². The van der Waals surface area contributed by atoms with E-state index in [4.69, 9.17) is 4.74 Å². The minimum atomic E-state index is -3.40. The largest absolute Gasteiger partial charge is 0.494 e. The lowest BCUT2D eigenvalue weighted by atomic mass is 9.97. The van der Waals surface area contributed by atoms with E-state index in [1.165, 1.54) is 22.7 Å². The lowest BCUT2D eigenvalue weighted by molar-refractivity contribution is -0.120. The van der Waals surface area contributed by atoms with Crippen molar-refractivity contribution in [2.45, 2.75) is 19.8 Å². The number of nitrogens with one attached hydrogen (secondary N) is 1. The van der Waals surface area contributed by atoms with Crippen molar-refractivity contribution in [1.29, 1.82) is 0 Å². The van der Waals surface area contributed by atoms with Crippen molar-refractivity contribution in [3.63, 3.8) is 0 Å². The predicted molar refractivity (Wildman–Crippen MR) is 93.1 cm³/mol. The van der Waals surface area contributed by atoms with E-state index < -0.39 is 10.2 Å². The van der Waals surface area contributed by atoms with Gasteiger partial charge in [-0.3, -0.25) is 4.79 Å². The molecule has 1 aromatic carbocycles. The Morgan fingerprint density at radius 1 is 1.33 bits per heavy atom. The summed E-state index contributed by atoms with van der Waals surface area (Å²) in [5.41, 5.74) is 0.689. The molecule has 134 valence electrons. The van der Waals surface area contributed by atoms with Gasteiger partial charge in [0.2, 0.25) is 5.91 Å². The Morgan fingerprint density at radius 2 is 2.00 bits per heavy atom. The van der Waals surface area contributed by atoms with Crippen LogP contribution in [0.15, 0.2) is 24.3 Å². The van der Waals surface area contributed by atoms with Crippen LogP contribution in [0.5, 0.6) is 5.75 Å². The number of carbonyl (C=O) groups is 1. The van der Waals surface area contributed by atoms with Crippen LogP contribution in [0.3, 0.4) is 0 Å². The monoisotopic (exact) mass is 355 g/mol. The fourth-order valence-corrected chi connectivity index (χ4v) is 3.79. The zero-order valence-corrected chi connectivity index (χ0v) is 15.2. The normalized spacial score (nSPS) is 17.0. The summed E-state index contributed by atoms with van der Waals surface area (Å²) in [7, 11) is -0.375. The molecule has 0 aliphatic carbocycles. The van der Waals surface area contributed by atoms with Gasteiger partial charge < -0.3 is 10.1 Å². The molecule has 7 nitrogen and oxygen atoms in total. The second kappa shape index (κ2) is 7.96. The summed E-state index contributed by atoms with van der Waals surface area (Å²) in [6.07, 6.45) is 1.04. The van der Waals surface area contributed by atoms with Gasteiger partial charge in [0.05, 0.1) is 6.61 Å². The third-order valence-corrected chi connectivity index (χ3v) is 5.97. The molecule has 0 radical (unpaired) electrons. The van der Waals surface area contributed by atoms with Crippen LogP contribution in [-0.4, -0.2) is 56.7 Å². The van der Waals surface area contributed by atoms with E-state index in [1.54, 1.807) is 6.07 Å². The van der Waals surface area contributed by atoms with Crippen LogP contribution >= 0.6 is 0 Å². The first-order chi connectivity index (χ1) is 11.3. The Morgan fingerprint density at radius 3 is 2.58 bits per heavy atom. The number of hydrogen-bond acceptors (Lipinski definition) is 4. The van der Waals surface area contributed by atoms with Crippen molar-refractivity contribution >= 4 is 21.8 Å². The molecule has 1 saturated heterocycles. The third kappa shape index (κ3) is 4.46. The van der Waals surface area contributed by atoms with E-state index in [-0.39, 0.29) is 11.8 Å². The highest BCUT2D eigenvalue weighted by Crippen LogP contribution is 2.23. The molecule has 1 heterocycles. The summed E-state index contributed by atoms with van der Waals surface area (Å²) in [6.45, 7) is 3.19. The summed E-state index contributed by atoms with van der Waals surface area (Å²) >= 11 is 0. The van der Waals surface area contributed by atoms with E-state index >= 15 is 0 Å². The summed E-state index contributed by atoms with van der Waals surface area (Å²) in [4.78, 5) is 12.4. The van der Waals surface area contributed by atoms with Gasteiger partial charge in [-0.15, -0.1) is 0 Å². The summed E-state index contributed by atoms with van der Waals surface area (Å²) in [5.74, 6) is 0.446. The quantitative estimate of drug-likeness (QED) is 0.840. The molecule has 0 spiro atoms. The van der Waals surface area contributed by atoms with Gasteiger partial charge in [-0.25, -0.2) is 0 Å². The molecule has 0 atom stereocenters. The number of piperidine rings is 1. The van der Waals surface area contributed by atoms with Gasteiger partial charge in [0.25, 0.3) is 10.2 Å². The van der Waals surface area contributed by atoms with Crippen LogP contribution in [0, 0.1) is 5.92 Å². The highest BCUT2D eigenvalue weighted by atomic mass is 32.2. The number of hydrogen-bond donors (Lipinski definition) is 1. The zero-order chi connectivity index (χ0) is 17.7. The highest BCUT2D eigenvalue weighted by molar-refractivity contribution is 7.86. The van der Waals surface area contributed by atoms with Gasteiger partial charge in [0, 0.05) is 44.9 Å². The molecule has 0 unspecified atom stereocenters. The lowest BCUT2D eigenvalue weighted by Crippen LogP contribution is -2.46. The average Bonchev–Trinajstić information content (AvgIpc) is 2.55. The molecule has 0 saturated carbocycles. The fraction of sp³-hybridized carbons (Fsp3) is 0.562. The minimum absolute atomic E-state index is 0.0782. The topological polar surface area (TPSA) is 79.0 Å². The van der Waals surface area contributed by atoms with Crippen LogP contribution in [-0.2, 0) is 15.0 Å². The summed E-state index contributed by atoms with van der Waals surface area (Å²) in [6, 6.07) is 7.26. The molecule has 2 rings (SSSR count). The number of rotatable bonds is 6. The third-order valence-electron chi connectivity index (χ3n) is 4.03. The summed E-state index contributed by atoms with van der Waals surface area (Å²) in [5, 5.41) is 2.89. The molecule has 1 aliphatic heterocycles. The van der Waals surface area contributed by atoms with Crippen LogP contribution in [0.4, 0.5) is 5.69 Å². The van der Waals surface area contributed by atoms with E-state index in [9.17, 15) is 13.2 Å². The van der Waals surface area contributed by atoms with Crippen LogP contribution in [0.2, 0.25) is 0 Å². The Hall–Kier alpha value is -1.64. The Balaban J connectivity index is 1.92. The zero-order valence-electron chi connectivity index (χ0n) is 14.4. The predicted octanol–water partition coefficient (Wildman–Crippen LogP) is 1.54. The number of nitrogens with zero attached hydrogens (tertiary/aromatic N) is 2. The molecule has 1 aromatic rings. The van der Waals surface area contributed by atoms with E-state index in [1.807, 2.05) is 25.1 Å². The fourth-order valence-electron chi connectivity index (χ4n) is 2.65. The molecule has 1 amide bonds. The SMILES string of the molecule is CCOc1cccc(NC(=O)C2CCN(S(=O)(=O)N(C)C)CC2)c1. The van der Waals surface area contributed by atoms with Gasteiger partial charge >= 0.3 is 0 Å². The molecule has 1 aliphatic rings. The van der Waals surface area contributed by atoms with Gasteiger partial charge in [-0.1, -0.05) is 6.07 Å². The number of benzene rings is 1. The molecule has 1 N–H and O–H groups in total. The van der Waals surface area contributed by atoms with Crippen molar-refractivity contribution in [2.75, 3.05) is 39.1 Å². The van der Waals surface area contributed by atoms with Crippen LogP contribution in [0.25, 0.3) is 0 Å². The van der Waals surface area contributed by atoms with Crippen molar-refractivity contribution in [3.05, 3.63) is 24.3 Å². The summed E-state index contributed by atoms with van der Waals surface area (Å²) < 4.78 is 32.2. The molecular weight excluding hydrogens is 330 g/mol. The molecule has 0 aromatic heterocycles. The molecular formula is C16H25N3O4S. The Labute approximate surface area is 143 Å². The van der Waals surface area contributed by atoms with Crippen molar-refractivity contribution in [3.8, 4) is 5.75 Å². The minimum Gasteiger partial charge on any atom is -0.494 e. The van der Waals surface area contributed by atoms with Gasteiger partial charge in [-0.2, -0.15) is 17.0 Å². The van der Waals surface area contributed by atoms with E-state index in [0.29, 0.717) is 44.0 Å². The maximum atomic E-state index is 12.4. The average molecular weight is 355 g/mol. The first kappa shape index (κ1) is 18.7. The standard InChI is InChI=1S/C16H25N3O4S/c1-4-23-15-7-5-6-14(12-15)17-16(20)13-8-10-19(11-9-13)24(21,22)18(2)3/h5-7,12-13H,4,8-11H2,1-3H3,(H,17,20). The highest BCUT2D eigenvalue weighted by Gasteiger charge is 2.32. The number of ether oxygens (including phenoxy) is 1. The van der Waals surface area contributed by atoms with E-state index in [2.05, 4.69) is 5.32 Å². The first-order valence-electron chi connectivity index (χ1n) is 8.06. The number of anilines is 1. The van der Waals surface area contributed by atoms with Crippen molar-refractivity contribution in [1.82, 2.24) is 8.61 Å². The maximum Gasteiger partial charge on any atom is 0.281 e. The first-order valence-corrected chi connectivity index (χ1v) is 9.45. The Bertz CT molecular complexity index is 668. The second-order valence-electron chi connectivity index (χ2n) is 5.91. The second-order valence-corrected chi connectivity index (χ2v) is 8.06. The van der Waals surface area contributed by atoms with Gasteiger partial charge in [-0.05, 0) is 31.9 Å². The number of amides is 1. The van der Waals surface area contributed by atoms with E-state index in [0.717, 1.165) is 0 Å². The van der Waals surface area contributed by atoms with Gasteiger partial charge in [0.15, 0.2) is 0 Å². The molecule has 1 fully saturated rings. The lowest BCUT2D eigenvalue weighted by Gasteiger charge is -2.32. The van der Waals surface area contributed by atoms with Gasteiger partial charge in [0.1, 0.15) is 5.75 Å². The van der Waals surface area contributed by atoms with Crippen molar-refractivity contribution < 1.29 is 17.9 Å². The smallest absolute Gasteiger partial charge is 0.281 e. The van der Waals surface area contributed by atoms with Crippen LogP contribution in [0.1, 0.15) is 19.8 Å². The molecule has 24 heavy (non-hydrogen) atoms. The maximum absolute atomic E-state index is 12.4. The molecule has 8 heteroatoms.